The highest BCUT2D eigenvalue weighted by atomic mass is 32.1. The molecule has 1 unspecified atom stereocenters. The number of rotatable bonds is 3. The van der Waals surface area contributed by atoms with Gasteiger partial charge in [0, 0.05) is 0 Å². The van der Waals surface area contributed by atoms with E-state index in [1.54, 1.807) is 23.8 Å². The lowest BCUT2D eigenvalue weighted by atomic mass is 9.96. The van der Waals surface area contributed by atoms with Crippen molar-refractivity contribution in [3.05, 3.63) is 103 Å². The predicted octanol–water partition coefficient (Wildman–Crippen LogP) is 2.35. The molecule has 2 aromatic heterocycles. The zero-order valence-corrected chi connectivity index (χ0v) is 18.2. The molecule has 0 amide bonds. The van der Waals surface area contributed by atoms with Crippen molar-refractivity contribution >= 4 is 34.4 Å². The fourth-order valence-corrected chi connectivity index (χ4v) is 4.85. The number of benzene rings is 2. The summed E-state index contributed by atoms with van der Waals surface area (Å²) < 4.78 is 7.04. The van der Waals surface area contributed by atoms with Crippen LogP contribution in [0.1, 0.15) is 24.2 Å². The van der Waals surface area contributed by atoms with E-state index in [9.17, 15) is 9.59 Å². The lowest BCUT2D eigenvalue weighted by Crippen LogP contribution is -2.39. The number of thiazole rings is 1. The number of hydrogen-bond donors (Lipinski definition) is 0. The van der Waals surface area contributed by atoms with Crippen LogP contribution in [0.5, 0.6) is 0 Å². The fraction of sp³-hybridized carbons (Fsp3) is 0.125. The summed E-state index contributed by atoms with van der Waals surface area (Å²) >= 11 is 1.26. The van der Waals surface area contributed by atoms with Crippen molar-refractivity contribution in [3.63, 3.8) is 0 Å². The molecule has 3 heterocycles. The van der Waals surface area contributed by atoms with Crippen LogP contribution in [0.15, 0.2) is 81.9 Å². The van der Waals surface area contributed by atoms with Gasteiger partial charge in [0.2, 0.25) is 0 Å². The Morgan fingerprint density at radius 2 is 1.81 bits per heavy atom. The van der Waals surface area contributed by atoms with E-state index in [0.717, 1.165) is 16.6 Å². The lowest BCUT2D eigenvalue weighted by Gasteiger charge is -2.24. The van der Waals surface area contributed by atoms with Gasteiger partial charge in [-0.05, 0) is 30.7 Å². The van der Waals surface area contributed by atoms with Crippen molar-refractivity contribution < 1.29 is 9.53 Å². The van der Waals surface area contributed by atoms with Crippen LogP contribution in [0.3, 0.4) is 0 Å². The maximum absolute atomic E-state index is 13.5. The molecule has 0 aliphatic carbocycles. The number of nitrogens with zero attached hydrogens (tertiary/aromatic N) is 4. The maximum Gasteiger partial charge on any atom is 0.338 e. The minimum absolute atomic E-state index is 0.244. The van der Waals surface area contributed by atoms with E-state index < -0.39 is 12.0 Å². The Kier molecular flexibility index (Phi) is 4.99. The summed E-state index contributed by atoms with van der Waals surface area (Å²) in [5.41, 5.74) is 3.56. The highest BCUT2D eigenvalue weighted by Gasteiger charge is 2.32. The molecule has 5 rings (SSSR count). The van der Waals surface area contributed by atoms with Gasteiger partial charge in [0.15, 0.2) is 4.80 Å². The summed E-state index contributed by atoms with van der Waals surface area (Å²) in [5, 5.41) is 0. The second kappa shape index (κ2) is 7.97. The minimum Gasteiger partial charge on any atom is -0.466 e. The molecule has 0 bridgehead atoms. The topological polar surface area (TPSA) is 86.4 Å². The van der Waals surface area contributed by atoms with Crippen molar-refractivity contribution in [2.45, 2.75) is 13.0 Å². The number of carbonyl (C=O) groups is 1. The Hall–Kier alpha value is -3.91. The Morgan fingerprint density at radius 1 is 1.09 bits per heavy atom. The standard InChI is InChI=1S/C24H18N4O3S/c1-14-20(23(30)31-2)21(15-8-4-3-5-9-15)28-22(29)19(32-24(28)26-14)12-16-13-25-17-10-6-7-11-18(17)27-16/h3-13,21H,1-2H3. The Morgan fingerprint density at radius 3 is 2.56 bits per heavy atom. The van der Waals surface area contributed by atoms with Crippen molar-refractivity contribution in [1.29, 1.82) is 0 Å². The van der Waals surface area contributed by atoms with Crippen LogP contribution < -0.4 is 14.9 Å². The minimum atomic E-state index is -0.621. The first kappa shape index (κ1) is 20.0. The molecule has 0 fully saturated rings. The van der Waals surface area contributed by atoms with Gasteiger partial charge in [-0.1, -0.05) is 53.8 Å². The van der Waals surface area contributed by atoms with Crippen LogP contribution in [0.2, 0.25) is 0 Å². The van der Waals surface area contributed by atoms with Gasteiger partial charge in [-0.3, -0.25) is 14.3 Å². The molecular formula is C24H18N4O3S. The molecule has 0 spiro atoms. The summed E-state index contributed by atoms with van der Waals surface area (Å²) in [6, 6.07) is 16.4. The number of fused-ring (bicyclic) bond motifs is 2. The molecular weight excluding hydrogens is 424 g/mol. The number of aromatic nitrogens is 3. The Balaban J connectivity index is 1.73. The first-order valence-electron chi connectivity index (χ1n) is 9.94. The first-order valence-corrected chi connectivity index (χ1v) is 10.8. The number of esters is 1. The molecule has 0 radical (unpaired) electrons. The largest absolute Gasteiger partial charge is 0.466 e. The second-order valence-corrected chi connectivity index (χ2v) is 8.28. The van der Waals surface area contributed by atoms with Crippen molar-refractivity contribution in [2.24, 2.45) is 4.99 Å². The summed E-state index contributed by atoms with van der Waals surface area (Å²) in [5.74, 6) is -0.505. The molecule has 1 aliphatic rings. The number of methoxy groups -OCH3 is 1. The molecule has 2 aromatic carbocycles. The summed E-state index contributed by atoms with van der Waals surface area (Å²) in [6.45, 7) is 1.76. The number of hydrogen-bond acceptors (Lipinski definition) is 7. The van der Waals surface area contributed by atoms with Crippen LogP contribution in [0.25, 0.3) is 17.1 Å². The monoisotopic (exact) mass is 442 g/mol. The molecule has 0 saturated heterocycles. The van der Waals surface area contributed by atoms with E-state index in [0.29, 0.717) is 26.3 Å². The number of carbonyl (C=O) groups excluding carboxylic acids is 1. The van der Waals surface area contributed by atoms with Gasteiger partial charge < -0.3 is 4.74 Å². The second-order valence-electron chi connectivity index (χ2n) is 7.27. The van der Waals surface area contributed by atoms with Gasteiger partial charge in [0.05, 0.1) is 51.9 Å². The highest BCUT2D eigenvalue weighted by Crippen LogP contribution is 2.30. The predicted molar refractivity (Wildman–Crippen MR) is 122 cm³/mol. The molecule has 0 N–H and O–H groups in total. The van der Waals surface area contributed by atoms with Crippen LogP contribution in [0, 0.1) is 0 Å². The van der Waals surface area contributed by atoms with Gasteiger partial charge in [-0.2, -0.15) is 0 Å². The van der Waals surface area contributed by atoms with E-state index in [-0.39, 0.29) is 5.56 Å². The van der Waals surface area contributed by atoms with E-state index in [1.807, 2.05) is 54.6 Å². The maximum atomic E-state index is 13.5. The molecule has 1 aliphatic heterocycles. The van der Waals surface area contributed by atoms with E-state index in [1.165, 1.54) is 18.4 Å². The smallest absolute Gasteiger partial charge is 0.338 e. The number of allylic oxidation sites excluding steroid dienone is 1. The fourth-order valence-electron chi connectivity index (χ4n) is 3.82. The normalized spacial score (nSPS) is 16.1. The Bertz CT molecular complexity index is 1570. The van der Waals surface area contributed by atoms with E-state index in [2.05, 4.69) is 15.0 Å². The summed E-state index contributed by atoms with van der Waals surface area (Å²) in [7, 11) is 1.33. The third-order valence-electron chi connectivity index (χ3n) is 5.29. The van der Waals surface area contributed by atoms with Crippen LogP contribution in [0.4, 0.5) is 0 Å². The highest BCUT2D eigenvalue weighted by molar-refractivity contribution is 7.07. The average molecular weight is 443 g/mol. The van der Waals surface area contributed by atoms with Gasteiger partial charge in [-0.25, -0.2) is 14.8 Å². The summed E-state index contributed by atoms with van der Waals surface area (Å²) in [6.07, 6.45) is 3.35. The number of ether oxygens (including phenoxy) is 1. The van der Waals surface area contributed by atoms with E-state index >= 15 is 0 Å². The van der Waals surface area contributed by atoms with Crippen molar-refractivity contribution in [1.82, 2.24) is 14.5 Å². The SMILES string of the molecule is COC(=O)C1=C(C)N=c2sc(=Cc3cnc4ccccc4n3)c(=O)n2C1c1ccccc1. The van der Waals surface area contributed by atoms with Crippen LogP contribution in [-0.2, 0) is 9.53 Å². The molecule has 32 heavy (non-hydrogen) atoms. The Labute approximate surface area is 186 Å². The molecule has 8 heteroatoms. The van der Waals surface area contributed by atoms with Crippen molar-refractivity contribution in [2.75, 3.05) is 7.11 Å². The average Bonchev–Trinajstić information content (AvgIpc) is 3.12. The van der Waals surface area contributed by atoms with Gasteiger partial charge in [0.25, 0.3) is 5.56 Å². The molecule has 4 aromatic rings. The van der Waals surface area contributed by atoms with E-state index in [4.69, 9.17) is 4.74 Å². The van der Waals surface area contributed by atoms with Gasteiger partial charge >= 0.3 is 5.97 Å². The third kappa shape index (κ3) is 3.34. The molecule has 158 valence electrons. The summed E-state index contributed by atoms with van der Waals surface area (Å²) in [4.78, 5) is 40.2. The van der Waals surface area contributed by atoms with Gasteiger partial charge in [-0.15, -0.1) is 0 Å². The quantitative estimate of drug-likeness (QED) is 0.455. The molecule has 0 saturated carbocycles. The van der Waals surface area contributed by atoms with Gasteiger partial charge in [0.1, 0.15) is 0 Å². The van der Waals surface area contributed by atoms with Crippen LogP contribution >= 0.6 is 11.3 Å². The first-order chi connectivity index (χ1) is 15.6. The number of para-hydroxylation sites is 2. The zero-order chi connectivity index (χ0) is 22.2. The lowest BCUT2D eigenvalue weighted by molar-refractivity contribution is -0.136. The van der Waals surface area contributed by atoms with Crippen molar-refractivity contribution in [3.8, 4) is 0 Å². The molecule has 1 atom stereocenters. The third-order valence-corrected chi connectivity index (χ3v) is 6.27. The van der Waals surface area contributed by atoms with Crippen LogP contribution in [-0.4, -0.2) is 27.6 Å². The molecule has 7 nitrogen and oxygen atoms in total. The zero-order valence-electron chi connectivity index (χ0n) is 17.4.